The largest absolute Gasteiger partial charge is 0.469 e. The van der Waals surface area contributed by atoms with E-state index in [4.69, 9.17) is 4.74 Å². The standard InChI is InChI=1S/C17H23N3O3/c1-18-7-9-19(10-8-18)14-5-3-4-6-15(14)20-12-13(11-16(20)21)17(22)23-2/h3-6,13H,7-12H2,1-2H3. The number of carbonyl (C=O) groups excluding carboxylic acids is 2. The number of anilines is 2. The van der Waals surface area contributed by atoms with E-state index >= 15 is 0 Å². The van der Waals surface area contributed by atoms with Crippen molar-refractivity contribution in [1.29, 1.82) is 0 Å². The number of esters is 1. The molecule has 0 N–H and O–H groups in total. The number of nitrogens with zero attached hydrogens (tertiary/aromatic N) is 3. The molecule has 2 aliphatic heterocycles. The van der Waals surface area contributed by atoms with Crippen molar-refractivity contribution in [3.8, 4) is 0 Å². The van der Waals surface area contributed by atoms with E-state index < -0.39 is 0 Å². The molecule has 124 valence electrons. The number of piperazine rings is 1. The van der Waals surface area contributed by atoms with Crippen LogP contribution in [0.25, 0.3) is 0 Å². The van der Waals surface area contributed by atoms with E-state index in [1.807, 2.05) is 18.2 Å². The van der Waals surface area contributed by atoms with E-state index in [1.165, 1.54) is 7.11 Å². The Morgan fingerprint density at radius 3 is 2.43 bits per heavy atom. The summed E-state index contributed by atoms with van der Waals surface area (Å²) in [6, 6.07) is 7.95. The minimum atomic E-state index is -0.368. The van der Waals surface area contributed by atoms with Crippen molar-refractivity contribution < 1.29 is 14.3 Å². The summed E-state index contributed by atoms with van der Waals surface area (Å²) in [6.45, 7) is 4.29. The molecule has 1 aromatic rings. The van der Waals surface area contributed by atoms with Gasteiger partial charge in [0.25, 0.3) is 0 Å². The van der Waals surface area contributed by atoms with Crippen LogP contribution in [0.2, 0.25) is 0 Å². The van der Waals surface area contributed by atoms with Crippen LogP contribution in [0.5, 0.6) is 0 Å². The second-order valence-corrected chi connectivity index (χ2v) is 6.21. The van der Waals surface area contributed by atoms with Crippen LogP contribution < -0.4 is 9.80 Å². The van der Waals surface area contributed by atoms with Crippen molar-refractivity contribution >= 4 is 23.3 Å². The van der Waals surface area contributed by atoms with Crippen LogP contribution in [0.3, 0.4) is 0 Å². The molecule has 1 atom stereocenters. The van der Waals surface area contributed by atoms with Gasteiger partial charge in [-0.1, -0.05) is 12.1 Å². The van der Waals surface area contributed by atoms with Gasteiger partial charge < -0.3 is 19.4 Å². The van der Waals surface area contributed by atoms with Crippen LogP contribution in [0, 0.1) is 5.92 Å². The van der Waals surface area contributed by atoms with Crippen molar-refractivity contribution in [2.45, 2.75) is 6.42 Å². The van der Waals surface area contributed by atoms with Gasteiger partial charge in [0.2, 0.25) is 5.91 Å². The summed E-state index contributed by atoms with van der Waals surface area (Å²) < 4.78 is 4.79. The maximum Gasteiger partial charge on any atom is 0.311 e. The van der Waals surface area contributed by atoms with Crippen molar-refractivity contribution in [2.75, 3.05) is 56.7 Å². The van der Waals surface area contributed by atoms with E-state index in [2.05, 4.69) is 22.9 Å². The topological polar surface area (TPSA) is 53.1 Å². The fraction of sp³-hybridized carbons (Fsp3) is 0.529. The number of benzene rings is 1. The molecule has 0 spiro atoms. The zero-order valence-electron chi connectivity index (χ0n) is 13.7. The molecule has 3 rings (SSSR count). The number of rotatable bonds is 3. The molecule has 2 heterocycles. The molecule has 6 heteroatoms. The number of ether oxygens (including phenoxy) is 1. The average Bonchev–Trinajstić information content (AvgIpc) is 2.96. The minimum Gasteiger partial charge on any atom is -0.469 e. The fourth-order valence-corrected chi connectivity index (χ4v) is 3.27. The lowest BCUT2D eigenvalue weighted by Crippen LogP contribution is -2.45. The maximum absolute atomic E-state index is 12.4. The van der Waals surface area contributed by atoms with Gasteiger partial charge in [-0.25, -0.2) is 0 Å². The zero-order chi connectivity index (χ0) is 16.4. The first-order chi connectivity index (χ1) is 11.1. The van der Waals surface area contributed by atoms with Crippen LogP contribution >= 0.6 is 0 Å². The van der Waals surface area contributed by atoms with E-state index in [0.717, 1.165) is 37.6 Å². The lowest BCUT2D eigenvalue weighted by atomic mass is 10.1. The van der Waals surface area contributed by atoms with Gasteiger partial charge in [-0.2, -0.15) is 0 Å². The molecular weight excluding hydrogens is 294 g/mol. The molecule has 2 aliphatic rings. The molecule has 0 bridgehead atoms. The molecule has 0 aliphatic carbocycles. The first kappa shape index (κ1) is 15.8. The first-order valence-electron chi connectivity index (χ1n) is 8.01. The Morgan fingerprint density at radius 2 is 1.78 bits per heavy atom. The lowest BCUT2D eigenvalue weighted by Gasteiger charge is -2.36. The summed E-state index contributed by atoms with van der Waals surface area (Å²) >= 11 is 0. The highest BCUT2D eigenvalue weighted by Crippen LogP contribution is 2.34. The van der Waals surface area contributed by atoms with Gasteiger partial charge in [0.05, 0.1) is 24.4 Å². The van der Waals surface area contributed by atoms with Gasteiger partial charge in [0.15, 0.2) is 0 Å². The number of hydrogen-bond donors (Lipinski definition) is 0. The summed E-state index contributed by atoms with van der Waals surface area (Å²) in [7, 11) is 3.49. The molecule has 0 radical (unpaired) electrons. The molecular formula is C17H23N3O3. The first-order valence-corrected chi connectivity index (χ1v) is 8.01. The predicted octanol–water partition coefficient (Wildman–Crippen LogP) is 0.964. The number of likely N-dealkylation sites (N-methyl/N-ethyl adjacent to an activating group) is 1. The SMILES string of the molecule is COC(=O)C1CC(=O)N(c2ccccc2N2CCN(C)CC2)C1. The van der Waals surface area contributed by atoms with Gasteiger partial charge in [0.1, 0.15) is 0 Å². The van der Waals surface area contributed by atoms with Crippen molar-refractivity contribution in [3.05, 3.63) is 24.3 Å². The number of methoxy groups -OCH3 is 1. The summed E-state index contributed by atoms with van der Waals surface area (Å²) in [4.78, 5) is 30.5. The third-order valence-electron chi connectivity index (χ3n) is 4.68. The average molecular weight is 317 g/mol. The maximum atomic E-state index is 12.4. The van der Waals surface area contributed by atoms with Crippen molar-refractivity contribution in [2.24, 2.45) is 5.92 Å². The third kappa shape index (κ3) is 3.17. The molecule has 0 saturated carbocycles. The molecule has 6 nitrogen and oxygen atoms in total. The Labute approximate surface area is 136 Å². The van der Waals surface area contributed by atoms with Gasteiger partial charge in [-0.3, -0.25) is 9.59 Å². The Balaban J connectivity index is 1.83. The van der Waals surface area contributed by atoms with Crippen LogP contribution in [0.4, 0.5) is 11.4 Å². The van der Waals surface area contributed by atoms with Crippen LogP contribution in [0.1, 0.15) is 6.42 Å². The fourth-order valence-electron chi connectivity index (χ4n) is 3.27. The zero-order valence-corrected chi connectivity index (χ0v) is 13.7. The highest BCUT2D eigenvalue weighted by atomic mass is 16.5. The molecule has 0 aromatic heterocycles. The highest BCUT2D eigenvalue weighted by Gasteiger charge is 2.37. The monoisotopic (exact) mass is 317 g/mol. The number of para-hydroxylation sites is 2. The quantitative estimate of drug-likeness (QED) is 0.778. The molecule has 2 saturated heterocycles. The van der Waals surface area contributed by atoms with Crippen LogP contribution in [0.15, 0.2) is 24.3 Å². The number of hydrogen-bond acceptors (Lipinski definition) is 5. The van der Waals surface area contributed by atoms with Gasteiger partial charge in [-0.05, 0) is 19.2 Å². The van der Waals surface area contributed by atoms with Gasteiger partial charge in [0, 0.05) is 39.1 Å². The second kappa shape index (κ2) is 6.58. The van der Waals surface area contributed by atoms with E-state index in [9.17, 15) is 9.59 Å². The lowest BCUT2D eigenvalue weighted by molar-refractivity contribution is -0.145. The van der Waals surface area contributed by atoms with Crippen molar-refractivity contribution in [1.82, 2.24) is 4.90 Å². The van der Waals surface area contributed by atoms with E-state index in [1.54, 1.807) is 4.90 Å². The Bertz CT molecular complexity index is 597. The summed E-state index contributed by atoms with van der Waals surface area (Å²) in [5.74, 6) is -0.687. The Hall–Kier alpha value is -2.08. The number of amides is 1. The van der Waals surface area contributed by atoms with Gasteiger partial charge >= 0.3 is 5.97 Å². The summed E-state index contributed by atoms with van der Waals surface area (Å²) in [5, 5.41) is 0. The second-order valence-electron chi connectivity index (χ2n) is 6.21. The van der Waals surface area contributed by atoms with Gasteiger partial charge in [-0.15, -0.1) is 0 Å². The van der Waals surface area contributed by atoms with E-state index in [-0.39, 0.29) is 24.2 Å². The minimum absolute atomic E-state index is 0.0121. The molecule has 1 aromatic carbocycles. The normalized spacial score (nSPS) is 22.5. The predicted molar refractivity (Wildman–Crippen MR) is 88.6 cm³/mol. The van der Waals surface area contributed by atoms with E-state index in [0.29, 0.717) is 6.54 Å². The molecule has 1 amide bonds. The molecule has 1 unspecified atom stereocenters. The Kier molecular flexibility index (Phi) is 4.52. The smallest absolute Gasteiger partial charge is 0.311 e. The molecule has 23 heavy (non-hydrogen) atoms. The molecule has 2 fully saturated rings. The van der Waals surface area contributed by atoms with Crippen LogP contribution in [-0.4, -0.2) is 63.7 Å². The van der Waals surface area contributed by atoms with Crippen molar-refractivity contribution in [3.63, 3.8) is 0 Å². The summed E-state index contributed by atoms with van der Waals surface area (Å²) in [6.07, 6.45) is 0.226. The highest BCUT2D eigenvalue weighted by molar-refractivity contribution is 6.01. The Morgan fingerprint density at radius 1 is 1.13 bits per heavy atom. The number of carbonyl (C=O) groups is 2. The van der Waals surface area contributed by atoms with Crippen LogP contribution in [-0.2, 0) is 14.3 Å². The summed E-state index contributed by atoms with van der Waals surface area (Å²) in [5.41, 5.74) is 1.97. The third-order valence-corrected chi connectivity index (χ3v) is 4.68.